The van der Waals surface area contributed by atoms with Gasteiger partial charge in [-0.2, -0.15) is 4.98 Å². The number of rotatable bonds is 6. The summed E-state index contributed by atoms with van der Waals surface area (Å²) < 4.78 is 10.5. The van der Waals surface area contributed by atoms with Gasteiger partial charge in [0.15, 0.2) is 0 Å². The molecule has 7 heteroatoms. The number of nitrogens with zero attached hydrogens (tertiary/aromatic N) is 2. The Kier molecular flexibility index (Phi) is 4.68. The fraction of sp³-hybridized carbons (Fsp3) is 0.214. The molecule has 0 bridgehead atoms. The van der Waals surface area contributed by atoms with Gasteiger partial charge in [0.2, 0.25) is 5.88 Å². The largest absolute Gasteiger partial charge is 0.481 e. The van der Waals surface area contributed by atoms with Crippen molar-refractivity contribution >= 4 is 5.69 Å². The number of ether oxygens (including phenoxy) is 2. The maximum Gasteiger partial charge on any atom is 0.331 e. The van der Waals surface area contributed by atoms with Crippen LogP contribution in [0.5, 0.6) is 17.5 Å². The summed E-state index contributed by atoms with van der Waals surface area (Å²) in [6.07, 6.45) is 0.383. The molecule has 1 N–H and O–H groups in total. The molecular weight excluding hydrogens is 276 g/mol. The molecule has 110 valence electrons. The highest BCUT2D eigenvalue weighted by atomic mass is 16.6. The van der Waals surface area contributed by atoms with E-state index in [9.17, 15) is 10.1 Å². The van der Waals surface area contributed by atoms with Gasteiger partial charge in [-0.3, -0.25) is 10.1 Å². The molecule has 0 aliphatic heterocycles. The van der Waals surface area contributed by atoms with E-state index in [1.54, 1.807) is 24.3 Å². The molecule has 2 aromatic rings. The lowest BCUT2D eigenvalue weighted by molar-refractivity contribution is -0.386. The van der Waals surface area contributed by atoms with Gasteiger partial charge in [0, 0.05) is 18.7 Å². The van der Waals surface area contributed by atoms with Crippen LogP contribution in [0.2, 0.25) is 0 Å². The minimum absolute atomic E-state index is 0.0476. The number of hydrogen-bond acceptors (Lipinski definition) is 6. The second kappa shape index (κ2) is 6.67. The lowest BCUT2D eigenvalue weighted by atomic mass is 10.1. The van der Waals surface area contributed by atoms with Crippen LogP contribution < -0.4 is 9.47 Å². The number of aliphatic hydroxyl groups is 1. The molecule has 21 heavy (non-hydrogen) atoms. The van der Waals surface area contributed by atoms with Crippen LogP contribution in [-0.2, 0) is 6.42 Å². The number of pyridine rings is 1. The Labute approximate surface area is 120 Å². The van der Waals surface area contributed by atoms with E-state index in [0.29, 0.717) is 12.2 Å². The SMILES string of the molecule is COc1ccc([N+](=O)[O-])c(Oc2ccccc2CCO)n1. The Bertz CT molecular complexity index is 645. The van der Waals surface area contributed by atoms with Crippen molar-refractivity contribution in [1.82, 2.24) is 4.98 Å². The number of hydrogen-bond donors (Lipinski definition) is 1. The van der Waals surface area contributed by atoms with Gasteiger partial charge in [-0.15, -0.1) is 0 Å². The van der Waals surface area contributed by atoms with Crippen LogP contribution in [0.15, 0.2) is 36.4 Å². The van der Waals surface area contributed by atoms with Gasteiger partial charge in [-0.1, -0.05) is 18.2 Å². The van der Waals surface area contributed by atoms with Gasteiger partial charge in [0.1, 0.15) is 5.75 Å². The van der Waals surface area contributed by atoms with E-state index in [2.05, 4.69) is 4.98 Å². The zero-order chi connectivity index (χ0) is 15.2. The number of para-hydroxylation sites is 1. The summed E-state index contributed by atoms with van der Waals surface area (Å²) in [5.41, 5.74) is 0.480. The smallest absolute Gasteiger partial charge is 0.331 e. The van der Waals surface area contributed by atoms with Crippen molar-refractivity contribution in [1.29, 1.82) is 0 Å². The van der Waals surface area contributed by atoms with Crippen LogP contribution in [0, 0.1) is 10.1 Å². The standard InChI is InChI=1S/C14H14N2O5/c1-20-13-7-6-11(16(18)19)14(15-13)21-12-5-3-2-4-10(12)8-9-17/h2-7,17H,8-9H2,1H3. The average Bonchev–Trinajstić information content (AvgIpc) is 2.49. The van der Waals surface area contributed by atoms with Crippen molar-refractivity contribution in [3.05, 3.63) is 52.1 Å². The van der Waals surface area contributed by atoms with Crippen LogP contribution in [0.3, 0.4) is 0 Å². The predicted molar refractivity (Wildman–Crippen MR) is 74.7 cm³/mol. The van der Waals surface area contributed by atoms with Crippen LogP contribution in [-0.4, -0.2) is 28.7 Å². The normalized spacial score (nSPS) is 10.2. The minimum Gasteiger partial charge on any atom is -0.481 e. The first kappa shape index (κ1) is 14.7. The first-order valence-corrected chi connectivity index (χ1v) is 6.21. The Morgan fingerprint density at radius 3 is 2.71 bits per heavy atom. The van der Waals surface area contributed by atoms with E-state index in [4.69, 9.17) is 14.6 Å². The van der Waals surface area contributed by atoms with Crippen LogP contribution in [0.1, 0.15) is 5.56 Å². The van der Waals surface area contributed by atoms with Crippen molar-refractivity contribution in [3.8, 4) is 17.5 Å². The van der Waals surface area contributed by atoms with Crippen LogP contribution >= 0.6 is 0 Å². The summed E-state index contributed by atoms with van der Waals surface area (Å²) in [6.45, 7) is -0.0476. The van der Waals surface area contributed by atoms with E-state index in [1.165, 1.54) is 19.2 Å². The van der Waals surface area contributed by atoms with E-state index in [0.717, 1.165) is 5.56 Å². The van der Waals surface area contributed by atoms with E-state index >= 15 is 0 Å². The van der Waals surface area contributed by atoms with Gasteiger partial charge in [-0.05, 0) is 18.1 Å². The molecule has 0 atom stereocenters. The minimum atomic E-state index is -0.573. The second-order valence-corrected chi connectivity index (χ2v) is 4.12. The predicted octanol–water partition coefficient (Wildman–Crippen LogP) is 2.33. The summed E-state index contributed by atoms with van der Waals surface area (Å²) in [5.74, 6) is 0.482. The van der Waals surface area contributed by atoms with Gasteiger partial charge < -0.3 is 14.6 Å². The first-order chi connectivity index (χ1) is 10.2. The summed E-state index contributed by atoms with van der Waals surface area (Å²) in [5, 5.41) is 20.1. The molecule has 0 fully saturated rings. The van der Waals surface area contributed by atoms with Crippen molar-refractivity contribution < 1.29 is 19.5 Å². The highest BCUT2D eigenvalue weighted by Crippen LogP contribution is 2.32. The lowest BCUT2D eigenvalue weighted by Crippen LogP contribution is -2.00. The number of nitro groups is 1. The quantitative estimate of drug-likeness (QED) is 0.648. The average molecular weight is 290 g/mol. The van der Waals surface area contributed by atoms with Crippen molar-refractivity contribution in [2.45, 2.75) is 6.42 Å². The van der Waals surface area contributed by atoms with Gasteiger partial charge in [0.25, 0.3) is 0 Å². The molecule has 2 rings (SSSR count). The molecule has 1 aromatic heterocycles. The summed E-state index contributed by atoms with van der Waals surface area (Å²) in [7, 11) is 1.41. The molecule has 0 unspecified atom stereocenters. The summed E-state index contributed by atoms with van der Waals surface area (Å²) >= 11 is 0. The molecule has 0 aliphatic carbocycles. The third-order valence-corrected chi connectivity index (χ3v) is 2.78. The molecule has 0 spiro atoms. The molecule has 0 amide bonds. The maximum atomic E-state index is 11.0. The lowest BCUT2D eigenvalue weighted by Gasteiger charge is -2.10. The Balaban J connectivity index is 2.40. The molecule has 0 aliphatic rings. The van der Waals surface area contributed by atoms with Crippen LogP contribution in [0.4, 0.5) is 5.69 Å². The number of benzene rings is 1. The molecule has 0 saturated carbocycles. The molecule has 1 aromatic carbocycles. The number of aliphatic hydroxyl groups excluding tert-OH is 1. The van der Waals surface area contributed by atoms with Gasteiger partial charge >= 0.3 is 11.6 Å². The maximum absolute atomic E-state index is 11.0. The van der Waals surface area contributed by atoms with Crippen molar-refractivity contribution in [2.75, 3.05) is 13.7 Å². The molecule has 1 heterocycles. The molecule has 7 nitrogen and oxygen atoms in total. The fourth-order valence-electron chi connectivity index (χ4n) is 1.78. The zero-order valence-corrected chi connectivity index (χ0v) is 11.4. The zero-order valence-electron chi connectivity index (χ0n) is 11.4. The van der Waals surface area contributed by atoms with E-state index in [-0.39, 0.29) is 24.1 Å². The van der Waals surface area contributed by atoms with Gasteiger partial charge in [-0.25, -0.2) is 0 Å². The first-order valence-electron chi connectivity index (χ1n) is 6.21. The highest BCUT2D eigenvalue weighted by molar-refractivity contribution is 5.46. The Morgan fingerprint density at radius 2 is 2.05 bits per heavy atom. The number of aromatic nitrogens is 1. The highest BCUT2D eigenvalue weighted by Gasteiger charge is 2.19. The Morgan fingerprint density at radius 1 is 1.29 bits per heavy atom. The molecule has 0 radical (unpaired) electrons. The third kappa shape index (κ3) is 3.46. The fourth-order valence-corrected chi connectivity index (χ4v) is 1.78. The van der Waals surface area contributed by atoms with E-state index < -0.39 is 4.92 Å². The third-order valence-electron chi connectivity index (χ3n) is 2.78. The van der Waals surface area contributed by atoms with Crippen molar-refractivity contribution in [3.63, 3.8) is 0 Å². The molecule has 0 saturated heterocycles. The second-order valence-electron chi connectivity index (χ2n) is 4.12. The monoisotopic (exact) mass is 290 g/mol. The molecular formula is C14H14N2O5. The van der Waals surface area contributed by atoms with Crippen LogP contribution in [0.25, 0.3) is 0 Å². The topological polar surface area (TPSA) is 94.7 Å². The van der Waals surface area contributed by atoms with E-state index in [1.807, 2.05) is 0 Å². The van der Waals surface area contributed by atoms with Crippen molar-refractivity contribution in [2.24, 2.45) is 0 Å². The summed E-state index contributed by atoms with van der Waals surface area (Å²) in [4.78, 5) is 14.4. The number of methoxy groups -OCH3 is 1. The van der Waals surface area contributed by atoms with Gasteiger partial charge in [0.05, 0.1) is 12.0 Å². The summed E-state index contributed by atoms with van der Waals surface area (Å²) in [6, 6.07) is 9.64. The Hall–Kier alpha value is -2.67.